The van der Waals surface area contributed by atoms with Gasteiger partial charge < -0.3 is 10.6 Å². The smallest absolute Gasteiger partial charge is 0.258 e. The number of anilines is 2. The Morgan fingerprint density at radius 1 is 1.13 bits per heavy atom. The van der Waals surface area contributed by atoms with Gasteiger partial charge >= 0.3 is 0 Å². The Labute approximate surface area is 173 Å². The van der Waals surface area contributed by atoms with Gasteiger partial charge in [-0.15, -0.1) is 0 Å². The molecule has 7 nitrogen and oxygen atoms in total. The Hall–Kier alpha value is -4.00. The summed E-state index contributed by atoms with van der Waals surface area (Å²) in [4.78, 5) is 21.5. The van der Waals surface area contributed by atoms with E-state index in [1.165, 1.54) is 0 Å². The van der Waals surface area contributed by atoms with Gasteiger partial charge in [0.2, 0.25) is 0 Å². The molecule has 4 aromatic rings. The number of amides is 1. The molecule has 1 aromatic carbocycles. The second kappa shape index (κ2) is 6.81. The summed E-state index contributed by atoms with van der Waals surface area (Å²) in [6, 6.07) is 11.9. The molecular formula is C23H20N6O. The molecule has 1 aliphatic heterocycles. The van der Waals surface area contributed by atoms with Crippen molar-refractivity contribution in [3.63, 3.8) is 0 Å². The number of carbonyl (C=O) groups is 1. The molecule has 30 heavy (non-hydrogen) atoms. The summed E-state index contributed by atoms with van der Waals surface area (Å²) >= 11 is 0. The maximum atomic E-state index is 12.8. The molecule has 2 N–H and O–H groups in total. The first-order valence-corrected chi connectivity index (χ1v) is 9.65. The molecule has 0 saturated carbocycles. The van der Waals surface area contributed by atoms with Gasteiger partial charge in [-0.3, -0.25) is 19.4 Å². The number of aromatic nitrogens is 4. The second-order valence-electron chi connectivity index (χ2n) is 7.37. The van der Waals surface area contributed by atoms with Crippen LogP contribution < -0.4 is 10.6 Å². The Balaban J connectivity index is 1.60. The zero-order valence-corrected chi connectivity index (χ0v) is 16.9. The quantitative estimate of drug-likeness (QED) is 0.509. The number of hydrogen-bond acceptors (Lipinski definition) is 5. The molecule has 7 heteroatoms. The lowest BCUT2D eigenvalue weighted by molar-refractivity contribution is -0.110. The highest BCUT2D eigenvalue weighted by Gasteiger charge is 2.28. The fourth-order valence-corrected chi connectivity index (χ4v) is 3.87. The van der Waals surface area contributed by atoms with E-state index in [1.54, 1.807) is 18.6 Å². The number of allylic oxidation sites excluding steroid dienone is 1. The average molecular weight is 396 g/mol. The van der Waals surface area contributed by atoms with E-state index in [4.69, 9.17) is 0 Å². The Morgan fingerprint density at radius 3 is 2.80 bits per heavy atom. The minimum Gasteiger partial charge on any atom is -0.341 e. The maximum Gasteiger partial charge on any atom is 0.258 e. The van der Waals surface area contributed by atoms with Crippen LogP contribution >= 0.6 is 0 Å². The first kappa shape index (κ1) is 18.1. The van der Waals surface area contributed by atoms with Gasteiger partial charge in [0.1, 0.15) is 0 Å². The van der Waals surface area contributed by atoms with Crippen molar-refractivity contribution in [2.75, 3.05) is 10.6 Å². The van der Waals surface area contributed by atoms with Crippen molar-refractivity contribution < 1.29 is 4.79 Å². The molecule has 0 saturated heterocycles. The fourth-order valence-electron chi connectivity index (χ4n) is 3.87. The second-order valence-corrected chi connectivity index (χ2v) is 7.37. The molecule has 0 atom stereocenters. The van der Waals surface area contributed by atoms with Crippen molar-refractivity contribution in [2.24, 2.45) is 7.05 Å². The molecule has 0 fully saturated rings. The van der Waals surface area contributed by atoms with Gasteiger partial charge in [-0.2, -0.15) is 5.10 Å². The van der Waals surface area contributed by atoms with E-state index in [2.05, 4.69) is 25.7 Å². The van der Waals surface area contributed by atoms with Crippen LogP contribution in [0, 0.1) is 6.92 Å². The van der Waals surface area contributed by atoms with E-state index >= 15 is 0 Å². The predicted molar refractivity (Wildman–Crippen MR) is 118 cm³/mol. The zero-order chi connectivity index (χ0) is 20.8. The summed E-state index contributed by atoms with van der Waals surface area (Å²) in [7, 11) is 1.90. The number of pyridine rings is 2. The lowest BCUT2D eigenvalue weighted by Gasteiger charge is -2.09. The molecule has 0 spiro atoms. The van der Waals surface area contributed by atoms with E-state index in [9.17, 15) is 4.79 Å². The number of rotatable bonds is 3. The average Bonchev–Trinajstić information content (AvgIpc) is 3.24. The molecule has 0 radical (unpaired) electrons. The monoisotopic (exact) mass is 396 g/mol. The highest BCUT2D eigenvalue weighted by molar-refractivity contribution is 6.32. The number of fused-ring (bicyclic) bond motifs is 2. The molecule has 3 aromatic heterocycles. The minimum absolute atomic E-state index is 0.155. The van der Waals surface area contributed by atoms with Crippen molar-refractivity contribution in [2.45, 2.75) is 13.8 Å². The maximum absolute atomic E-state index is 12.8. The van der Waals surface area contributed by atoms with Gasteiger partial charge in [0.25, 0.3) is 5.91 Å². The largest absolute Gasteiger partial charge is 0.341 e. The van der Waals surface area contributed by atoms with Crippen LogP contribution in [0.2, 0.25) is 0 Å². The number of aryl methyl sites for hydroxylation is 2. The van der Waals surface area contributed by atoms with Crippen LogP contribution in [0.15, 0.2) is 60.7 Å². The predicted octanol–water partition coefficient (Wildman–Crippen LogP) is 4.13. The third-order valence-electron chi connectivity index (χ3n) is 5.40. The molecule has 5 rings (SSSR count). The third-order valence-corrected chi connectivity index (χ3v) is 5.40. The van der Waals surface area contributed by atoms with Crippen LogP contribution in [-0.4, -0.2) is 25.7 Å². The van der Waals surface area contributed by atoms with Crippen LogP contribution in [0.5, 0.6) is 0 Å². The van der Waals surface area contributed by atoms with Crippen LogP contribution in [0.1, 0.15) is 18.1 Å². The van der Waals surface area contributed by atoms with Crippen molar-refractivity contribution in [3.8, 4) is 11.3 Å². The molecule has 148 valence electrons. The van der Waals surface area contributed by atoms with Crippen LogP contribution in [0.4, 0.5) is 11.5 Å². The van der Waals surface area contributed by atoms with Gasteiger partial charge in [-0.1, -0.05) is 12.1 Å². The Kier molecular flexibility index (Phi) is 4.10. The molecule has 0 unspecified atom stereocenters. The summed E-state index contributed by atoms with van der Waals surface area (Å²) in [6.07, 6.45) is 5.25. The first-order chi connectivity index (χ1) is 14.5. The minimum atomic E-state index is -0.155. The molecular weight excluding hydrogens is 376 g/mol. The van der Waals surface area contributed by atoms with Gasteiger partial charge in [-0.25, -0.2) is 0 Å². The van der Waals surface area contributed by atoms with Crippen molar-refractivity contribution in [1.29, 1.82) is 0 Å². The summed E-state index contributed by atoms with van der Waals surface area (Å²) < 4.78 is 1.82. The van der Waals surface area contributed by atoms with E-state index in [0.717, 1.165) is 44.8 Å². The standard InChI is InChI=1S/C23H20N6O/c1-13-8-9-24-11-17(13)18-10-16-19(12-25-18)27-23(30)21(16)14(2)26-22-15-6-4-5-7-20(15)29(3)28-22/h4-12H,1-3H3,(H,26,28)(H,27,30)/b21-14-. The van der Waals surface area contributed by atoms with Crippen molar-refractivity contribution in [1.82, 2.24) is 19.7 Å². The summed E-state index contributed by atoms with van der Waals surface area (Å²) in [5, 5.41) is 11.8. The van der Waals surface area contributed by atoms with Crippen LogP contribution in [0.25, 0.3) is 27.7 Å². The van der Waals surface area contributed by atoms with Gasteiger partial charge in [-0.05, 0) is 43.7 Å². The lowest BCUT2D eigenvalue weighted by atomic mass is 10.0. The molecule has 0 bridgehead atoms. The van der Waals surface area contributed by atoms with Gasteiger partial charge in [0.15, 0.2) is 5.82 Å². The van der Waals surface area contributed by atoms with Crippen molar-refractivity contribution in [3.05, 3.63) is 71.8 Å². The number of hydrogen-bond donors (Lipinski definition) is 2. The van der Waals surface area contributed by atoms with E-state index < -0.39 is 0 Å². The SMILES string of the molecule is C/C(Nc1nn(C)c2ccccc12)=C1/C(=O)Nc2cnc(-c3cnccc3C)cc21. The van der Waals surface area contributed by atoms with E-state index in [0.29, 0.717) is 11.3 Å². The van der Waals surface area contributed by atoms with E-state index in [-0.39, 0.29) is 5.91 Å². The van der Waals surface area contributed by atoms with Crippen LogP contribution in [-0.2, 0) is 11.8 Å². The fraction of sp³-hybridized carbons (Fsp3) is 0.130. The normalized spacial score (nSPS) is 14.6. The summed E-state index contributed by atoms with van der Waals surface area (Å²) in [6.45, 7) is 3.91. The Morgan fingerprint density at radius 2 is 1.97 bits per heavy atom. The number of para-hydroxylation sites is 1. The number of carbonyl (C=O) groups excluding carboxylic acids is 1. The van der Waals surface area contributed by atoms with Crippen molar-refractivity contribution >= 4 is 33.9 Å². The molecule has 0 aliphatic carbocycles. The highest BCUT2D eigenvalue weighted by Crippen LogP contribution is 2.36. The topological polar surface area (TPSA) is 84.7 Å². The molecule has 4 heterocycles. The highest BCUT2D eigenvalue weighted by atomic mass is 16.2. The van der Waals surface area contributed by atoms with Gasteiger partial charge in [0.05, 0.1) is 28.7 Å². The molecule has 1 amide bonds. The summed E-state index contributed by atoms with van der Waals surface area (Å²) in [5.74, 6) is 0.564. The van der Waals surface area contributed by atoms with E-state index in [1.807, 2.05) is 62.0 Å². The van der Waals surface area contributed by atoms with Gasteiger partial charge in [0, 0.05) is 41.7 Å². The summed E-state index contributed by atoms with van der Waals surface area (Å²) in [5.41, 5.74) is 6.67. The Bertz CT molecular complexity index is 1350. The third kappa shape index (κ3) is 2.83. The first-order valence-electron chi connectivity index (χ1n) is 9.65. The number of benzene rings is 1. The lowest BCUT2D eigenvalue weighted by Crippen LogP contribution is -2.09. The molecule has 1 aliphatic rings. The zero-order valence-electron chi connectivity index (χ0n) is 16.9. The van der Waals surface area contributed by atoms with Crippen LogP contribution in [0.3, 0.4) is 0 Å². The number of nitrogens with zero attached hydrogens (tertiary/aromatic N) is 4. The number of nitrogens with one attached hydrogen (secondary N) is 2.